The summed E-state index contributed by atoms with van der Waals surface area (Å²) < 4.78 is 5.28. The first-order chi connectivity index (χ1) is 8.53. The molecule has 0 aromatic rings. The first kappa shape index (κ1) is 15.3. The van der Waals surface area contributed by atoms with Crippen molar-refractivity contribution < 1.29 is 14.6 Å². The van der Waals surface area contributed by atoms with E-state index in [1.165, 1.54) is 0 Å². The molecule has 1 aliphatic heterocycles. The minimum Gasteiger partial charge on any atom is -0.394 e. The maximum Gasteiger partial charge on any atom is 0.236 e. The number of thiocarbonyl (C=S) groups is 1. The van der Waals surface area contributed by atoms with Crippen LogP contribution in [-0.4, -0.2) is 53.3 Å². The molecule has 1 saturated heterocycles. The maximum absolute atomic E-state index is 12.7. The number of carbonyl (C=O) groups is 1. The van der Waals surface area contributed by atoms with Gasteiger partial charge in [-0.25, -0.2) is 0 Å². The number of nitrogens with zero attached hydrogens (tertiary/aromatic N) is 1. The van der Waals surface area contributed by atoms with Crippen LogP contribution in [0.1, 0.15) is 26.7 Å². The Morgan fingerprint density at radius 3 is 2.61 bits per heavy atom. The summed E-state index contributed by atoms with van der Waals surface area (Å²) in [6.07, 6.45) is 1.15. The SMILES string of the molecule is CCC(CC)(C(=O)N1CCOCC1CO)C(N)=S. The highest BCUT2D eigenvalue weighted by molar-refractivity contribution is 7.80. The van der Waals surface area contributed by atoms with Crippen molar-refractivity contribution in [3.05, 3.63) is 0 Å². The average molecular weight is 274 g/mol. The van der Waals surface area contributed by atoms with Crippen molar-refractivity contribution in [3.8, 4) is 0 Å². The van der Waals surface area contributed by atoms with Gasteiger partial charge in [0.15, 0.2) is 0 Å². The normalized spacial score (nSPS) is 20.8. The number of hydrogen-bond acceptors (Lipinski definition) is 4. The zero-order valence-electron chi connectivity index (χ0n) is 11.0. The molecule has 18 heavy (non-hydrogen) atoms. The third kappa shape index (κ3) is 2.65. The molecule has 0 aliphatic carbocycles. The Kier molecular flexibility index (Phi) is 5.49. The van der Waals surface area contributed by atoms with Crippen molar-refractivity contribution in [3.63, 3.8) is 0 Å². The van der Waals surface area contributed by atoms with Crippen LogP contribution in [0.5, 0.6) is 0 Å². The van der Waals surface area contributed by atoms with Gasteiger partial charge in [-0.2, -0.15) is 0 Å². The largest absolute Gasteiger partial charge is 0.394 e. The molecule has 5 nitrogen and oxygen atoms in total. The van der Waals surface area contributed by atoms with E-state index >= 15 is 0 Å². The summed E-state index contributed by atoms with van der Waals surface area (Å²) in [5, 5.41) is 9.32. The molecule has 0 aromatic heterocycles. The lowest BCUT2D eigenvalue weighted by Gasteiger charge is -2.41. The highest BCUT2D eigenvalue weighted by Crippen LogP contribution is 2.31. The van der Waals surface area contributed by atoms with Gasteiger partial charge in [-0.15, -0.1) is 0 Å². The lowest BCUT2D eigenvalue weighted by molar-refractivity contribution is -0.149. The summed E-state index contributed by atoms with van der Waals surface area (Å²) in [7, 11) is 0. The molecule has 1 rings (SSSR count). The molecule has 1 unspecified atom stereocenters. The van der Waals surface area contributed by atoms with Crippen molar-refractivity contribution >= 4 is 23.1 Å². The van der Waals surface area contributed by atoms with Crippen LogP contribution in [0.25, 0.3) is 0 Å². The first-order valence-corrected chi connectivity index (χ1v) is 6.73. The summed E-state index contributed by atoms with van der Waals surface area (Å²) in [6.45, 7) is 5.05. The summed E-state index contributed by atoms with van der Waals surface area (Å²) >= 11 is 5.08. The molecule has 0 radical (unpaired) electrons. The van der Waals surface area contributed by atoms with Gasteiger partial charge in [-0.1, -0.05) is 26.1 Å². The zero-order chi connectivity index (χ0) is 13.8. The first-order valence-electron chi connectivity index (χ1n) is 6.33. The Morgan fingerprint density at radius 1 is 1.56 bits per heavy atom. The second-order valence-corrected chi connectivity index (χ2v) is 5.00. The van der Waals surface area contributed by atoms with Crippen molar-refractivity contribution in [1.29, 1.82) is 0 Å². The van der Waals surface area contributed by atoms with E-state index in [0.29, 0.717) is 32.6 Å². The van der Waals surface area contributed by atoms with E-state index in [1.54, 1.807) is 4.90 Å². The number of morpholine rings is 1. The van der Waals surface area contributed by atoms with Crippen LogP contribution >= 0.6 is 12.2 Å². The average Bonchev–Trinajstić information content (AvgIpc) is 2.40. The monoisotopic (exact) mass is 274 g/mol. The minimum absolute atomic E-state index is 0.0812. The van der Waals surface area contributed by atoms with Gasteiger partial charge in [0.25, 0.3) is 0 Å². The van der Waals surface area contributed by atoms with Gasteiger partial charge < -0.3 is 20.5 Å². The predicted octanol–water partition coefficient (Wildman–Crippen LogP) is 0.299. The lowest BCUT2D eigenvalue weighted by atomic mass is 9.80. The van der Waals surface area contributed by atoms with Gasteiger partial charge >= 0.3 is 0 Å². The molecule has 6 heteroatoms. The van der Waals surface area contributed by atoms with E-state index in [0.717, 1.165) is 0 Å². The second kappa shape index (κ2) is 6.45. The summed E-state index contributed by atoms with van der Waals surface area (Å²) in [6, 6.07) is -0.293. The van der Waals surface area contributed by atoms with Crippen LogP contribution in [0.4, 0.5) is 0 Å². The molecule has 1 heterocycles. The van der Waals surface area contributed by atoms with Crippen LogP contribution in [0.15, 0.2) is 0 Å². The molecule has 0 saturated carbocycles. The summed E-state index contributed by atoms with van der Waals surface area (Å²) in [5.74, 6) is -0.0812. The molecule has 0 spiro atoms. The van der Waals surface area contributed by atoms with Gasteiger partial charge in [0, 0.05) is 6.54 Å². The van der Waals surface area contributed by atoms with Crippen molar-refractivity contribution in [2.45, 2.75) is 32.7 Å². The quantitative estimate of drug-likeness (QED) is 0.705. The van der Waals surface area contributed by atoms with Gasteiger partial charge in [0.1, 0.15) is 0 Å². The highest BCUT2D eigenvalue weighted by Gasteiger charge is 2.43. The van der Waals surface area contributed by atoms with Crippen LogP contribution in [0.3, 0.4) is 0 Å². The number of ether oxygens (including phenoxy) is 1. The molecule has 1 amide bonds. The second-order valence-electron chi connectivity index (χ2n) is 4.56. The smallest absolute Gasteiger partial charge is 0.236 e. The molecule has 0 aromatic carbocycles. The Bertz CT molecular complexity index is 318. The molecule has 1 atom stereocenters. The predicted molar refractivity (Wildman–Crippen MR) is 73.2 cm³/mol. The Balaban J connectivity index is 2.98. The van der Waals surface area contributed by atoms with E-state index in [2.05, 4.69) is 0 Å². The molecule has 104 valence electrons. The molecule has 3 N–H and O–H groups in total. The molecule has 1 fully saturated rings. The van der Waals surface area contributed by atoms with Crippen LogP contribution in [0.2, 0.25) is 0 Å². The fraction of sp³-hybridized carbons (Fsp3) is 0.833. The molecule has 0 bridgehead atoms. The number of hydrogen-bond donors (Lipinski definition) is 2. The number of aliphatic hydroxyl groups excluding tert-OH is 1. The van der Waals surface area contributed by atoms with Gasteiger partial charge in [0.05, 0.1) is 36.3 Å². The van der Waals surface area contributed by atoms with Crippen molar-refractivity contribution in [2.24, 2.45) is 11.1 Å². The number of aliphatic hydroxyl groups is 1. The van der Waals surface area contributed by atoms with Crippen LogP contribution in [-0.2, 0) is 9.53 Å². The van der Waals surface area contributed by atoms with Crippen LogP contribution < -0.4 is 5.73 Å². The van der Waals surface area contributed by atoms with E-state index in [4.69, 9.17) is 22.7 Å². The number of nitrogens with two attached hydrogens (primary N) is 1. The number of rotatable bonds is 5. The van der Waals surface area contributed by atoms with E-state index in [-0.39, 0.29) is 23.5 Å². The number of amides is 1. The molecule has 1 aliphatic rings. The Morgan fingerprint density at radius 2 is 2.17 bits per heavy atom. The summed E-state index contributed by atoms with van der Waals surface area (Å²) in [4.78, 5) is 14.6. The highest BCUT2D eigenvalue weighted by atomic mass is 32.1. The number of carbonyl (C=O) groups excluding carboxylic acids is 1. The Labute approximate surface area is 113 Å². The fourth-order valence-corrected chi connectivity index (χ4v) is 2.73. The van der Waals surface area contributed by atoms with E-state index in [9.17, 15) is 9.90 Å². The van der Waals surface area contributed by atoms with Gasteiger partial charge in [-0.05, 0) is 12.8 Å². The fourth-order valence-electron chi connectivity index (χ4n) is 2.35. The van der Waals surface area contributed by atoms with E-state index in [1.807, 2.05) is 13.8 Å². The zero-order valence-corrected chi connectivity index (χ0v) is 11.8. The van der Waals surface area contributed by atoms with Gasteiger partial charge in [0.2, 0.25) is 5.91 Å². The molecular weight excluding hydrogens is 252 g/mol. The van der Waals surface area contributed by atoms with Crippen molar-refractivity contribution in [1.82, 2.24) is 4.90 Å². The minimum atomic E-state index is -0.792. The molecular formula is C12H22N2O3S. The van der Waals surface area contributed by atoms with Crippen molar-refractivity contribution in [2.75, 3.05) is 26.4 Å². The third-order valence-electron chi connectivity index (χ3n) is 3.79. The maximum atomic E-state index is 12.7. The lowest BCUT2D eigenvalue weighted by Crippen LogP contribution is -2.58. The van der Waals surface area contributed by atoms with Gasteiger partial charge in [-0.3, -0.25) is 4.79 Å². The van der Waals surface area contributed by atoms with E-state index < -0.39 is 5.41 Å². The standard InChI is InChI=1S/C12H22N2O3S/c1-3-12(4-2,10(13)18)11(16)14-5-6-17-8-9(14)7-15/h9,15H,3-8H2,1-2H3,(H2,13,18). The third-order valence-corrected chi connectivity index (χ3v) is 4.18. The topological polar surface area (TPSA) is 75.8 Å². The van der Waals surface area contributed by atoms with Crippen LogP contribution in [0, 0.1) is 5.41 Å². The Hall–Kier alpha value is -0.720. The summed E-state index contributed by atoms with van der Waals surface area (Å²) in [5.41, 5.74) is 4.99.